The van der Waals surface area contributed by atoms with Crippen LogP contribution in [0.1, 0.15) is 16.8 Å². The second-order valence-corrected chi connectivity index (χ2v) is 9.98. The first-order valence-corrected chi connectivity index (χ1v) is 11.2. The van der Waals surface area contributed by atoms with Gasteiger partial charge in [-0.1, -0.05) is 23.7 Å². The van der Waals surface area contributed by atoms with Crippen molar-refractivity contribution in [1.82, 2.24) is 18.4 Å². The normalized spacial score (nSPS) is 14.3. The highest BCUT2D eigenvalue weighted by Crippen LogP contribution is 2.37. The third-order valence-electron chi connectivity index (χ3n) is 5.26. The van der Waals surface area contributed by atoms with Gasteiger partial charge in [0.15, 0.2) is 0 Å². The predicted molar refractivity (Wildman–Crippen MR) is 117 cm³/mol. The molecular weight excluding hydrogens is 424 g/mol. The fourth-order valence-corrected chi connectivity index (χ4v) is 4.82. The summed E-state index contributed by atoms with van der Waals surface area (Å²) in [6.45, 7) is 2.50. The molecular formula is C21H23ClN4O3S. The molecule has 0 spiro atoms. The second-order valence-electron chi connectivity index (χ2n) is 7.40. The molecule has 0 fully saturated rings. The van der Waals surface area contributed by atoms with E-state index in [1.54, 1.807) is 7.11 Å². The number of methoxy groups -OCH3 is 1. The molecule has 1 aliphatic rings. The Balaban J connectivity index is 1.87. The van der Waals surface area contributed by atoms with Crippen LogP contribution in [0.2, 0.25) is 5.02 Å². The van der Waals surface area contributed by atoms with Crippen LogP contribution in [0.15, 0.2) is 42.5 Å². The lowest BCUT2D eigenvalue weighted by atomic mass is 10.1. The summed E-state index contributed by atoms with van der Waals surface area (Å²) in [6.07, 6.45) is 0. The van der Waals surface area contributed by atoms with Crippen molar-refractivity contribution in [3.05, 3.63) is 64.3 Å². The third kappa shape index (κ3) is 3.50. The number of benzene rings is 2. The van der Waals surface area contributed by atoms with E-state index < -0.39 is 10.2 Å². The Morgan fingerprint density at radius 2 is 1.80 bits per heavy atom. The highest BCUT2D eigenvalue weighted by atomic mass is 35.5. The summed E-state index contributed by atoms with van der Waals surface area (Å²) in [5, 5.41) is 5.46. The van der Waals surface area contributed by atoms with Crippen LogP contribution in [0.3, 0.4) is 0 Å². The van der Waals surface area contributed by atoms with Gasteiger partial charge < -0.3 is 4.74 Å². The predicted octanol–water partition coefficient (Wildman–Crippen LogP) is 3.63. The molecule has 0 unspecified atom stereocenters. The number of nitrogens with zero attached hydrogens (tertiary/aromatic N) is 4. The van der Waals surface area contributed by atoms with Gasteiger partial charge in [0.1, 0.15) is 5.75 Å². The Hall–Kier alpha value is -2.39. The molecule has 0 N–H and O–H groups in total. The molecule has 7 nitrogen and oxygen atoms in total. The molecule has 3 aromatic rings. The topological polar surface area (TPSA) is 67.7 Å². The molecule has 0 saturated carbocycles. The summed E-state index contributed by atoms with van der Waals surface area (Å²) < 4.78 is 35.2. The molecule has 30 heavy (non-hydrogen) atoms. The molecule has 158 valence electrons. The van der Waals surface area contributed by atoms with E-state index >= 15 is 0 Å². The fraction of sp³-hybridized carbons (Fsp3) is 0.286. The van der Waals surface area contributed by atoms with Crippen LogP contribution in [0.25, 0.3) is 16.9 Å². The van der Waals surface area contributed by atoms with E-state index in [1.165, 1.54) is 22.7 Å². The summed E-state index contributed by atoms with van der Waals surface area (Å²) >= 11 is 6.09. The van der Waals surface area contributed by atoms with Gasteiger partial charge in [-0.25, -0.2) is 4.68 Å². The van der Waals surface area contributed by atoms with Gasteiger partial charge in [0.2, 0.25) is 0 Å². The molecule has 0 radical (unpaired) electrons. The van der Waals surface area contributed by atoms with E-state index in [0.29, 0.717) is 5.02 Å². The van der Waals surface area contributed by atoms with E-state index in [1.807, 2.05) is 54.1 Å². The highest BCUT2D eigenvalue weighted by Gasteiger charge is 2.36. The van der Waals surface area contributed by atoms with Gasteiger partial charge in [0, 0.05) is 36.8 Å². The lowest BCUT2D eigenvalue weighted by Crippen LogP contribution is -2.36. The Morgan fingerprint density at radius 3 is 2.40 bits per heavy atom. The maximum atomic E-state index is 12.7. The van der Waals surface area contributed by atoms with Crippen LogP contribution >= 0.6 is 11.6 Å². The van der Waals surface area contributed by atoms with Crippen molar-refractivity contribution in [2.75, 3.05) is 21.2 Å². The summed E-state index contributed by atoms with van der Waals surface area (Å²) in [5.41, 5.74) is 5.36. The van der Waals surface area contributed by atoms with Crippen molar-refractivity contribution in [2.45, 2.75) is 20.0 Å². The van der Waals surface area contributed by atoms with Crippen LogP contribution in [0, 0.1) is 6.92 Å². The Morgan fingerprint density at radius 1 is 1.10 bits per heavy atom. The average Bonchev–Trinajstić information content (AvgIpc) is 3.27. The Kier molecular flexibility index (Phi) is 5.36. The summed E-state index contributed by atoms with van der Waals surface area (Å²) in [5.74, 6) is 0.771. The molecule has 0 aliphatic carbocycles. The number of halogens is 1. The van der Waals surface area contributed by atoms with Crippen molar-refractivity contribution in [1.29, 1.82) is 0 Å². The number of aryl methyl sites for hydroxylation is 1. The molecule has 9 heteroatoms. The van der Waals surface area contributed by atoms with E-state index in [9.17, 15) is 8.42 Å². The van der Waals surface area contributed by atoms with Crippen molar-refractivity contribution in [3.63, 3.8) is 0 Å². The number of hydrogen-bond acceptors (Lipinski definition) is 4. The number of aromatic nitrogens is 2. The van der Waals surface area contributed by atoms with Crippen molar-refractivity contribution in [2.24, 2.45) is 0 Å². The zero-order valence-corrected chi connectivity index (χ0v) is 18.8. The molecule has 0 amide bonds. The van der Waals surface area contributed by atoms with E-state index in [0.717, 1.165) is 39.5 Å². The molecule has 4 rings (SSSR count). The zero-order valence-electron chi connectivity index (χ0n) is 17.3. The minimum atomic E-state index is -3.53. The van der Waals surface area contributed by atoms with Crippen LogP contribution in [-0.4, -0.2) is 48.0 Å². The minimum Gasteiger partial charge on any atom is -0.497 e. The molecule has 0 saturated heterocycles. The molecule has 2 aromatic carbocycles. The van der Waals surface area contributed by atoms with Gasteiger partial charge in [0.25, 0.3) is 10.2 Å². The number of hydrogen-bond donors (Lipinski definition) is 0. The van der Waals surface area contributed by atoms with Crippen molar-refractivity contribution >= 4 is 21.8 Å². The number of fused-ring (bicyclic) bond motifs is 1. The van der Waals surface area contributed by atoms with E-state index in [2.05, 4.69) is 0 Å². The van der Waals surface area contributed by atoms with Crippen LogP contribution in [0.4, 0.5) is 0 Å². The van der Waals surface area contributed by atoms with Gasteiger partial charge in [0.05, 0.1) is 30.7 Å². The van der Waals surface area contributed by atoms with Crippen molar-refractivity contribution < 1.29 is 13.2 Å². The molecule has 2 heterocycles. The van der Waals surface area contributed by atoms with Gasteiger partial charge in [-0.15, -0.1) is 0 Å². The summed E-state index contributed by atoms with van der Waals surface area (Å²) in [6, 6.07) is 13.3. The lowest BCUT2D eigenvalue weighted by molar-refractivity contribution is 0.384. The van der Waals surface area contributed by atoms with Gasteiger partial charge in [-0.2, -0.15) is 22.1 Å². The summed E-state index contributed by atoms with van der Waals surface area (Å²) in [4.78, 5) is 0. The SMILES string of the molecule is COc1ccc(-n2nc3c(c2-c2ccc(Cl)cc2)CN(S(=O)(=O)N(C)C)C3)c(C)c1. The fourth-order valence-electron chi connectivity index (χ4n) is 3.65. The van der Waals surface area contributed by atoms with Crippen LogP contribution < -0.4 is 4.74 Å². The molecule has 0 bridgehead atoms. The minimum absolute atomic E-state index is 0.235. The van der Waals surface area contributed by atoms with Crippen LogP contribution in [0.5, 0.6) is 5.75 Å². The maximum absolute atomic E-state index is 12.7. The first kappa shape index (κ1) is 20.9. The maximum Gasteiger partial charge on any atom is 0.282 e. The molecule has 1 aliphatic heterocycles. The first-order chi connectivity index (χ1) is 14.2. The monoisotopic (exact) mass is 446 g/mol. The van der Waals surface area contributed by atoms with Gasteiger partial charge >= 0.3 is 0 Å². The number of rotatable bonds is 5. The second kappa shape index (κ2) is 7.70. The summed E-state index contributed by atoms with van der Waals surface area (Å²) in [7, 11) is 1.17. The van der Waals surface area contributed by atoms with Gasteiger partial charge in [-0.05, 0) is 42.8 Å². The lowest BCUT2D eigenvalue weighted by Gasteiger charge is -2.21. The standard InChI is InChI=1S/C21H23ClN4O3S/c1-14-11-17(29-4)9-10-20(14)26-21(15-5-7-16(22)8-6-15)18-12-25(13-19(18)23-26)30(27,28)24(2)3/h5-11H,12-13H2,1-4H3. The van der Waals surface area contributed by atoms with E-state index in [4.69, 9.17) is 21.4 Å². The van der Waals surface area contributed by atoms with Crippen LogP contribution in [-0.2, 0) is 23.3 Å². The van der Waals surface area contributed by atoms with Crippen molar-refractivity contribution in [3.8, 4) is 22.7 Å². The number of ether oxygens (including phenoxy) is 1. The third-order valence-corrected chi connectivity index (χ3v) is 7.35. The van der Waals surface area contributed by atoms with E-state index in [-0.39, 0.29) is 13.1 Å². The quantitative estimate of drug-likeness (QED) is 0.600. The zero-order chi connectivity index (χ0) is 21.6. The smallest absolute Gasteiger partial charge is 0.282 e. The van der Waals surface area contributed by atoms with Gasteiger partial charge in [-0.3, -0.25) is 0 Å². The Labute approximate surface area is 181 Å². The molecule has 1 aromatic heterocycles. The first-order valence-electron chi connectivity index (χ1n) is 9.41. The largest absolute Gasteiger partial charge is 0.497 e. The Bertz CT molecular complexity index is 1200. The highest BCUT2D eigenvalue weighted by molar-refractivity contribution is 7.86. The average molecular weight is 447 g/mol. The molecule has 0 atom stereocenters.